The van der Waals surface area contributed by atoms with Crippen LogP contribution < -0.4 is 0 Å². The predicted molar refractivity (Wildman–Crippen MR) is 278 cm³/mol. The third-order valence-electron chi connectivity index (χ3n) is 14.3. The van der Waals surface area contributed by atoms with E-state index < -0.39 is 5.41 Å². The van der Waals surface area contributed by atoms with E-state index in [2.05, 4.69) is 224 Å². The summed E-state index contributed by atoms with van der Waals surface area (Å²) >= 11 is 0. The van der Waals surface area contributed by atoms with Crippen molar-refractivity contribution < 1.29 is 4.42 Å². The first-order valence-electron chi connectivity index (χ1n) is 23.3. The Morgan fingerprint density at radius 1 is 0.265 bits per heavy atom. The van der Waals surface area contributed by atoms with Crippen LogP contribution in [-0.2, 0) is 5.41 Å². The van der Waals surface area contributed by atoms with Crippen molar-refractivity contribution in [3.63, 3.8) is 0 Å². The molecule has 68 heavy (non-hydrogen) atoms. The Morgan fingerprint density at radius 3 is 1.41 bits per heavy atom. The van der Waals surface area contributed by atoms with Crippen LogP contribution in [0.25, 0.3) is 111 Å². The predicted octanol–water partition coefficient (Wildman–Crippen LogP) is 16.7. The largest absolute Gasteiger partial charge is 0.456 e. The summed E-state index contributed by atoms with van der Waals surface area (Å²) in [4.78, 5) is 10.8. The zero-order valence-corrected chi connectivity index (χ0v) is 36.9. The van der Waals surface area contributed by atoms with Crippen LogP contribution in [0.5, 0.6) is 0 Å². The van der Waals surface area contributed by atoms with Gasteiger partial charge >= 0.3 is 0 Å². The van der Waals surface area contributed by atoms with Crippen molar-refractivity contribution in [3.8, 4) is 89.5 Å². The number of aromatic nitrogens is 2. The van der Waals surface area contributed by atoms with E-state index in [-0.39, 0.29) is 0 Å². The van der Waals surface area contributed by atoms with Gasteiger partial charge in [0.25, 0.3) is 0 Å². The third kappa shape index (κ3) is 5.86. The molecule has 2 aromatic heterocycles. The van der Waals surface area contributed by atoms with Gasteiger partial charge in [0.15, 0.2) is 5.82 Å². The van der Waals surface area contributed by atoms with Crippen molar-refractivity contribution in [2.24, 2.45) is 0 Å². The first-order valence-corrected chi connectivity index (χ1v) is 23.3. The van der Waals surface area contributed by atoms with E-state index in [1.165, 1.54) is 55.6 Å². The highest BCUT2D eigenvalue weighted by Crippen LogP contribution is 2.63. The normalized spacial score (nSPS) is 12.8. The molecule has 0 saturated carbocycles. The zero-order chi connectivity index (χ0) is 44.8. The fraction of sp³-hybridized carbons (Fsp3) is 0.0154. The summed E-state index contributed by atoms with van der Waals surface area (Å²) in [6.45, 7) is 0. The fourth-order valence-electron chi connectivity index (χ4n) is 11.2. The number of rotatable bonds is 6. The van der Waals surface area contributed by atoms with Crippen molar-refractivity contribution in [1.29, 1.82) is 0 Å². The monoisotopic (exact) mass is 864 g/mol. The smallest absolute Gasteiger partial charge is 0.160 e. The van der Waals surface area contributed by atoms with E-state index in [4.69, 9.17) is 14.4 Å². The summed E-state index contributed by atoms with van der Waals surface area (Å²) in [5.41, 5.74) is 23.1. The number of nitrogens with zero attached hydrogens (tertiary/aromatic N) is 2. The first kappa shape index (κ1) is 38.4. The minimum Gasteiger partial charge on any atom is -0.456 e. The Bertz CT molecular complexity index is 3910. The van der Waals surface area contributed by atoms with Crippen LogP contribution in [0.1, 0.15) is 22.3 Å². The molecule has 0 unspecified atom stereocenters. The van der Waals surface area contributed by atoms with Gasteiger partial charge in [-0.3, -0.25) is 0 Å². The van der Waals surface area contributed by atoms with Crippen LogP contribution in [0.4, 0.5) is 0 Å². The average Bonchev–Trinajstić information content (AvgIpc) is 4.05. The molecular weight excluding hydrogens is 825 g/mol. The lowest BCUT2D eigenvalue weighted by atomic mass is 9.70. The van der Waals surface area contributed by atoms with Crippen molar-refractivity contribution in [2.45, 2.75) is 5.41 Å². The maximum atomic E-state index is 6.29. The van der Waals surface area contributed by atoms with Gasteiger partial charge in [-0.2, -0.15) is 0 Å². The molecule has 0 saturated heterocycles. The Kier molecular flexibility index (Phi) is 8.50. The van der Waals surface area contributed by atoms with E-state index in [0.29, 0.717) is 5.82 Å². The SMILES string of the molecule is c1ccc(-c2cccc(-c3cc(-c4ccc5oc6ccccc6c5c4)cc(-c4cc(-c5ccc6c(c5)C5(c7ccccc7-c7ccccc75)c5ccccc5-6)nc(-c5ccccc5)n4)c3)c2)cc1. The molecule has 0 radical (unpaired) electrons. The van der Waals surface area contributed by atoms with E-state index in [1.54, 1.807) is 0 Å². The number of furan rings is 1. The zero-order valence-electron chi connectivity index (χ0n) is 36.9. The standard InChI is InChI=1S/C65H40N2O/c1-3-16-41(17-4-1)43-20-15-21-44(34-43)47-35-48(45-31-33-63-55(38-45)54-25-10-14-29-62(54)68-63)37-49(36-47)61-40-60(66-64(67-61)42-18-5-2-6-19-42)46-30-32-53-52-24-9-13-28-58(52)65(59(53)39-46)56-26-11-7-22-50(56)51-23-8-12-27-57(51)65/h1-40H. The molecule has 14 rings (SSSR count). The van der Waals surface area contributed by atoms with Gasteiger partial charge in [0.1, 0.15) is 11.2 Å². The number of hydrogen-bond acceptors (Lipinski definition) is 3. The summed E-state index contributed by atoms with van der Waals surface area (Å²) in [5, 5.41) is 2.20. The molecule has 1 spiro atoms. The van der Waals surface area contributed by atoms with Crippen LogP contribution in [-0.4, -0.2) is 9.97 Å². The quantitative estimate of drug-likeness (QED) is 0.167. The van der Waals surface area contributed by atoms with Gasteiger partial charge in [0.2, 0.25) is 0 Å². The summed E-state index contributed by atoms with van der Waals surface area (Å²) in [6.07, 6.45) is 0. The van der Waals surface area contributed by atoms with Crippen LogP contribution in [0.15, 0.2) is 247 Å². The van der Waals surface area contributed by atoms with Crippen molar-refractivity contribution >= 4 is 21.9 Å². The summed E-state index contributed by atoms with van der Waals surface area (Å²) in [5.74, 6) is 0.678. The van der Waals surface area contributed by atoms with E-state index >= 15 is 0 Å². The van der Waals surface area contributed by atoms with Gasteiger partial charge in [-0.15, -0.1) is 0 Å². The molecular formula is C65H40N2O. The Morgan fingerprint density at radius 2 is 0.735 bits per heavy atom. The van der Waals surface area contributed by atoms with Gasteiger partial charge in [0.05, 0.1) is 16.8 Å². The lowest BCUT2D eigenvalue weighted by Crippen LogP contribution is -2.25. The molecule has 0 aliphatic heterocycles. The van der Waals surface area contributed by atoms with Crippen LogP contribution in [0, 0.1) is 0 Å². The Balaban J connectivity index is 0.990. The van der Waals surface area contributed by atoms with Crippen LogP contribution >= 0.6 is 0 Å². The second-order valence-corrected chi connectivity index (χ2v) is 18.0. The molecule has 0 bridgehead atoms. The minimum absolute atomic E-state index is 0.466. The summed E-state index contributed by atoms with van der Waals surface area (Å²) in [6, 6.07) is 87.6. The highest BCUT2D eigenvalue weighted by atomic mass is 16.3. The Labute approximate surface area is 394 Å². The highest BCUT2D eigenvalue weighted by Gasteiger charge is 2.51. The van der Waals surface area contributed by atoms with E-state index in [0.717, 1.165) is 72.3 Å². The molecule has 2 aliphatic rings. The van der Waals surface area contributed by atoms with Crippen molar-refractivity contribution in [3.05, 3.63) is 265 Å². The number of para-hydroxylation sites is 1. The molecule has 0 N–H and O–H groups in total. The first-order chi connectivity index (χ1) is 33.7. The number of fused-ring (bicyclic) bond motifs is 13. The number of benzene rings is 10. The maximum Gasteiger partial charge on any atom is 0.160 e. The maximum absolute atomic E-state index is 6.29. The lowest BCUT2D eigenvalue weighted by Gasteiger charge is -2.30. The molecule has 0 atom stereocenters. The van der Waals surface area contributed by atoms with Crippen molar-refractivity contribution in [2.75, 3.05) is 0 Å². The molecule has 12 aromatic rings. The van der Waals surface area contributed by atoms with Gasteiger partial charge in [-0.1, -0.05) is 188 Å². The minimum atomic E-state index is -0.466. The molecule has 10 aromatic carbocycles. The summed E-state index contributed by atoms with van der Waals surface area (Å²) in [7, 11) is 0. The topological polar surface area (TPSA) is 38.9 Å². The van der Waals surface area contributed by atoms with Crippen LogP contribution in [0.2, 0.25) is 0 Å². The molecule has 3 heteroatoms. The average molecular weight is 865 g/mol. The van der Waals surface area contributed by atoms with Gasteiger partial charge in [0, 0.05) is 27.5 Å². The number of hydrogen-bond donors (Lipinski definition) is 0. The molecule has 2 aliphatic carbocycles. The van der Waals surface area contributed by atoms with Crippen LogP contribution in [0.3, 0.4) is 0 Å². The van der Waals surface area contributed by atoms with E-state index in [9.17, 15) is 0 Å². The molecule has 0 amide bonds. The second kappa shape index (κ2) is 15.1. The highest BCUT2D eigenvalue weighted by molar-refractivity contribution is 6.06. The van der Waals surface area contributed by atoms with Gasteiger partial charge in [-0.25, -0.2) is 9.97 Å². The molecule has 316 valence electrons. The van der Waals surface area contributed by atoms with Crippen molar-refractivity contribution in [1.82, 2.24) is 9.97 Å². The van der Waals surface area contributed by atoms with Gasteiger partial charge in [-0.05, 0) is 132 Å². The summed E-state index contributed by atoms with van der Waals surface area (Å²) < 4.78 is 6.29. The second-order valence-electron chi connectivity index (χ2n) is 18.0. The Hall–Kier alpha value is -8.92. The molecule has 2 heterocycles. The molecule has 3 nitrogen and oxygen atoms in total. The third-order valence-corrected chi connectivity index (χ3v) is 14.3. The molecule has 0 fully saturated rings. The lowest BCUT2D eigenvalue weighted by molar-refractivity contribution is 0.669. The van der Waals surface area contributed by atoms with Gasteiger partial charge < -0.3 is 4.42 Å². The fourth-order valence-corrected chi connectivity index (χ4v) is 11.2. The van der Waals surface area contributed by atoms with E-state index in [1.807, 2.05) is 18.2 Å².